The third-order valence-corrected chi connectivity index (χ3v) is 4.35. The Kier molecular flexibility index (Phi) is 8.61. The number of carbonyl (C=O) groups is 2. The van der Waals surface area contributed by atoms with E-state index in [1.807, 2.05) is 18.2 Å². The molecule has 3 N–H and O–H groups in total. The van der Waals surface area contributed by atoms with Crippen molar-refractivity contribution in [2.24, 2.45) is 5.92 Å². The van der Waals surface area contributed by atoms with E-state index in [2.05, 4.69) is 29.8 Å². The first-order chi connectivity index (χ1) is 13.9. The molecule has 0 bridgehead atoms. The molecule has 6 nitrogen and oxygen atoms in total. The molecule has 154 valence electrons. The molecule has 2 aromatic rings. The minimum atomic E-state index is -0.312. The highest BCUT2D eigenvalue weighted by Gasteiger charge is 2.10. The van der Waals surface area contributed by atoms with Gasteiger partial charge in [0.25, 0.3) is 5.91 Å². The standard InChI is InChI=1S/C22H27N3O3S/c1-15(2)11-12-28-19-6-4-5-17(14-19)21(27)25-22(29)24-18-9-7-16(8-10-18)13-20(26)23-3/h4-10,14-15H,11-13H2,1-3H3,(H,23,26)(H2,24,25,27,29). The van der Waals surface area contributed by atoms with Crippen molar-refractivity contribution in [3.8, 4) is 5.75 Å². The molecular formula is C22H27N3O3S. The van der Waals surface area contributed by atoms with E-state index in [-0.39, 0.29) is 16.9 Å². The fourth-order valence-corrected chi connectivity index (χ4v) is 2.67. The van der Waals surface area contributed by atoms with Crippen molar-refractivity contribution < 1.29 is 14.3 Å². The van der Waals surface area contributed by atoms with Gasteiger partial charge in [0.05, 0.1) is 13.0 Å². The molecule has 0 fully saturated rings. The van der Waals surface area contributed by atoms with E-state index in [0.717, 1.165) is 17.7 Å². The number of hydrogen-bond donors (Lipinski definition) is 3. The van der Waals surface area contributed by atoms with Crippen LogP contribution < -0.4 is 20.7 Å². The van der Waals surface area contributed by atoms with Gasteiger partial charge in [-0.3, -0.25) is 14.9 Å². The summed E-state index contributed by atoms with van der Waals surface area (Å²) in [6.45, 7) is 4.88. The quantitative estimate of drug-likeness (QED) is 0.577. The Bertz CT molecular complexity index is 851. The summed E-state index contributed by atoms with van der Waals surface area (Å²) in [5.41, 5.74) is 2.08. The monoisotopic (exact) mass is 413 g/mol. The van der Waals surface area contributed by atoms with E-state index in [0.29, 0.717) is 30.3 Å². The first-order valence-electron chi connectivity index (χ1n) is 9.52. The molecule has 0 aliphatic carbocycles. The Labute approximate surface area is 177 Å². The SMILES string of the molecule is CNC(=O)Cc1ccc(NC(=S)NC(=O)c2cccc(OCCC(C)C)c2)cc1. The second-order valence-corrected chi connectivity index (χ2v) is 7.42. The molecule has 2 aromatic carbocycles. The predicted molar refractivity (Wildman–Crippen MR) is 119 cm³/mol. The molecule has 0 radical (unpaired) electrons. The van der Waals surface area contributed by atoms with Gasteiger partial charge in [-0.2, -0.15) is 0 Å². The van der Waals surface area contributed by atoms with Gasteiger partial charge in [-0.1, -0.05) is 32.0 Å². The van der Waals surface area contributed by atoms with Gasteiger partial charge < -0.3 is 15.4 Å². The zero-order valence-corrected chi connectivity index (χ0v) is 17.8. The van der Waals surface area contributed by atoms with Crippen molar-refractivity contribution in [1.82, 2.24) is 10.6 Å². The maximum Gasteiger partial charge on any atom is 0.257 e. The average Bonchev–Trinajstić information content (AvgIpc) is 2.69. The summed E-state index contributed by atoms with van der Waals surface area (Å²) in [7, 11) is 1.60. The van der Waals surface area contributed by atoms with E-state index in [1.165, 1.54) is 0 Å². The molecule has 0 unspecified atom stereocenters. The lowest BCUT2D eigenvalue weighted by atomic mass is 10.1. The summed E-state index contributed by atoms with van der Waals surface area (Å²) in [6.07, 6.45) is 1.26. The molecule has 0 aromatic heterocycles. The smallest absolute Gasteiger partial charge is 0.257 e. The minimum absolute atomic E-state index is 0.0519. The van der Waals surface area contributed by atoms with Crippen molar-refractivity contribution in [3.05, 3.63) is 59.7 Å². The van der Waals surface area contributed by atoms with Crippen LogP contribution in [0.25, 0.3) is 0 Å². The normalized spacial score (nSPS) is 10.3. The summed E-state index contributed by atoms with van der Waals surface area (Å²) >= 11 is 5.23. The van der Waals surface area contributed by atoms with Crippen LogP contribution in [0.15, 0.2) is 48.5 Å². The molecule has 2 amide bonds. The third kappa shape index (κ3) is 7.91. The number of thiocarbonyl (C=S) groups is 1. The number of benzene rings is 2. The van der Waals surface area contributed by atoms with Crippen LogP contribution in [-0.4, -0.2) is 30.6 Å². The molecular weight excluding hydrogens is 386 g/mol. The van der Waals surface area contributed by atoms with Crippen LogP contribution in [0.4, 0.5) is 5.69 Å². The number of likely N-dealkylation sites (N-methyl/N-ethyl adjacent to an activating group) is 1. The summed E-state index contributed by atoms with van der Waals surface area (Å²) < 4.78 is 5.70. The van der Waals surface area contributed by atoms with E-state index in [9.17, 15) is 9.59 Å². The van der Waals surface area contributed by atoms with Crippen molar-refractivity contribution in [2.75, 3.05) is 19.0 Å². The molecule has 7 heteroatoms. The van der Waals surface area contributed by atoms with Gasteiger partial charge >= 0.3 is 0 Å². The first kappa shape index (κ1) is 22.4. The second kappa shape index (κ2) is 11.2. The number of anilines is 1. The highest BCUT2D eigenvalue weighted by Crippen LogP contribution is 2.15. The Morgan fingerprint density at radius 1 is 1.10 bits per heavy atom. The van der Waals surface area contributed by atoms with Gasteiger partial charge in [0.1, 0.15) is 5.75 Å². The summed E-state index contributed by atoms with van der Waals surface area (Å²) in [4.78, 5) is 23.9. The number of hydrogen-bond acceptors (Lipinski definition) is 4. The number of ether oxygens (including phenoxy) is 1. The zero-order valence-electron chi connectivity index (χ0n) is 17.0. The van der Waals surface area contributed by atoms with Gasteiger partial charge in [-0.05, 0) is 60.5 Å². The Hall–Kier alpha value is -2.93. The van der Waals surface area contributed by atoms with E-state index in [4.69, 9.17) is 17.0 Å². The number of amides is 2. The van der Waals surface area contributed by atoms with E-state index < -0.39 is 0 Å². The molecule has 29 heavy (non-hydrogen) atoms. The fourth-order valence-electron chi connectivity index (χ4n) is 2.46. The molecule has 0 saturated heterocycles. The van der Waals surface area contributed by atoms with Gasteiger partial charge in [0.15, 0.2) is 5.11 Å². The van der Waals surface area contributed by atoms with Crippen molar-refractivity contribution >= 4 is 34.8 Å². The van der Waals surface area contributed by atoms with Gasteiger partial charge in [-0.15, -0.1) is 0 Å². The van der Waals surface area contributed by atoms with Crippen LogP contribution in [0.3, 0.4) is 0 Å². The fraction of sp³-hybridized carbons (Fsp3) is 0.318. The van der Waals surface area contributed by atoms with Crippen LogP contribution in [-0.2, 0) is 11.2 Å². The van der Waals surface area contributed by atoms with Crippen molar-refractivity contribution in [1.29, 1.82) is 0 Å². The molecule has 0 aliphatic rings. The van der Waals surface area contributed by atoms with Gasteiger partial charge in [0.2, 0.25) is 5.91 Å². The topological polar surface area (TPSA) is 79.5 Å². The number of carbonyl (C=O) groups excluding carboxylic acids is 2. The number of rotatable bonds is 8. The largest absolute Gasteiger partial charge is 0.494 e. The maximum absolute atomic E-state index is 12.4. The molecule has 0 aliphatic heterocycles. The highest BCUT2D eigenvalue weighted by atomic mass is 32.1. The minimum Gasteiger partial charge on any atom is -0.494 e. The molecule has 0 heterocycles. The Morgan fingerprint density at radius 3 is 2.48 bits per heavy atom. The average molecular weight is 414 g/mol. The van der Waals surface area contributed by atoms with E-state index in [1.54, 1.807) is 37.4 Å². The van der Waals surface area contributed by atoms with Crippen molar-refractivity contribution in [3.63, 3.8) is 0 Å². The maximum atomic E-state index is 12.4. The van der Waals surface area contributed by atoms with Gasteiger partial charge in [0, 0.05) is 18.3 Å². The Morgan fingerprint density at radius 2 is 1.83 bits per heavy atom. The summed E-state index contributed by atoms with van der Waals surface area (Å²) in [5, 5.41) is 8.41. The van der Waals surface area contributed by atoms with Crippen molar-refractivity contribution in [2.45, 2.75) is 26.7 Å². The Balaban J connectivity index is 1.88. The molecule has 0 spiro atoms. The molecule has 2 rings (SSSR count). The summed E-state index contributed by atoms with van der Waals surface area (Å²) in [5.74, 6) is 0.851. The van der Waals surface area contributed by atoms with E-state index >= 15 is 0 Å². The number of nitrogens with one attached hydrogen (secondary N) is 3. The summed E-state index contributed by atoms with van der Waals surface area (Å²) in [6, 6.07) is 14.3. The van der Waals surface area contributed by atoms with Crippen LogP contribution in [0.1, 0.15) is 36.2 Å². The zero-order chi connectivity index (χ0) is 21.2. The lowest BCUT2D eigenvalue weighted by Crippen LogP contribution is -2.34. The lowest BCUT2D eigenvalue weighted by Gasteiger charge is -2.12. The first-order valence-corrected chi connectivity index (χ1v) is 9.93. The molecule has 0 saturated carbocycles. The van der Waals surface area contributed by atoms with Crippen LogP contribution >= 0.6 is 12.2 Å². The molecule has 0 atom stereocenters. The van der Waals surface area contributed by atoms with Crippen LogP contribution in [0.2, 0.25) is 0 Å². The lowest BCUT2D eigenvalue weighted by molar-refractivity contribution is -0.119. The highest BCUT2D eigenvalue weighted by molar-refractivity contribution is 7.80. The second-order valence-electron chi connectivity index (χ2n) is 7.01. The van der Waals surface area contributed by atoms with Crippen LogP contribution in [0, 0.1) is 5.92 Å². The third-order valence-electron chi connectivity index (χ3n) is 4.14. The van der Waals surface area contributed by atoms with Gasteiger partial charge in [-0.25, -0.2) is 0 Å². The predicted octanol–water partition coefficient (Wildman–Crippen LogP) is 3.53. The van der Waals surface area contributed by atoms with Crippen LogP contribution in [0.5, 0.6) is 5.75 Å².